The van der Waals surface area contributed by atoms with Gasteiger partial charge in [0.1, 0.15) is 16.7 Å². The van der Waals surface area contributed by atoms with Gasteiger partial charge >= 0.3 is 0 Å². The Labute approximate surface area is 177 Å². The second kappa shape index (κ2) is 8.44. The molecule has 156 valence electrons. The zero-order valence-corrected chi connectivity index (χ0v) is 16.9. The molecule has 1 fully saturated rings. The number of rotatable bonds is 4. The van der Waals surface area contributed by atoms with E-state index >= 15 is 0 Å². The van der Waals surface area contributed by atoms with Gasteiger partial charge in [-0.2, -0.15) is 0 Å². The number of anilines is 2. The van der Waals surface area contributed by atoms with Gasteiger partial charge in [-0.15, -0.1) is 0 Å². The van der Waals surface area contributed by atoms with Crippen molar-refractivity contribution < 1.29 is 18.4 Å². The number of hydrogen-bond acceptors (Lipinski definition) is 4. The Balaban J connectivity index is 1.31. The lowest BCUT2D eigenvalue weighted by Gasteiger charge is -2.36. The van der Waals surface area contributed by atoms with Gasteiger partial charge in [-0.1, -0.05) is 23.7 Å². The highest BCUT2D eigenvalue weighted by Crippen LogP contribution is 2.26. The number of benzene rings is 2. The Morgan fingerprint density at radius 2 is 1.73 bits per heavy atom. The zero-order valence-electron chi connectivity index (χ0n) is 16.1. The van der Waals surface area contributed by atoms with Crippen molar-refractivity contribution in [3.63, 3.8) is 0 Å². The third kappa shape index (κ3) is 4.31. The Morgan fingerprint density at radius 1 is 1.03 bits per heavy atom. The number of ketones is 1. The van der Waals surface area contributed by atoms with Gasteiger partial charge in [0.25, 0.3) is 0 Å². The summed E-state index contributed by atoms with van der Waals surface area (Å²) in [5.74, 6) is -1.55. The molecule has 5 nitrogen and oxygen atoms in total. The number of nitrogens with zero attached hydrogens (tertiary/aromatic N) is 2. The largest absolute Gasteiger partial charge is 0.376 e. The van der Waals surface area contributed by atoms with Crippen molar-refractivity contribution in [3.05, 3.63) is 64.2 Å². The summed E-state index contributed by atoms with van der Waals surface area (Å²) in [5.41, 5.74) is 3.18. The summed E-state index contributed by atoms with van der Waals surface area (Å²) in [5, 5.41) is 2.62. The van der Waals surface area contributed by atoms with E-state index in [9.17, 15) is 18.4 Å². The Hall–Kier alpha value is -2.93. The van der Waals surface area contributed by atoms with Crippen molar-refractivity contribution in [2.75, 3.05) is 42.9 Å². The van der Waals surface area contributed by atoms with Crippen molar-refractivity contribution in [1.29, 1.82) is 0 Å². The van der Waals surface area contributed by atoms with Crippen molar-refractivity contribution in [2.24, 2.45) is 0 Å². The topological polar surface area (TPSA) is 52.7 Å². The van der Waals surface area contributed by atoms with E-state index in [1.807, 2.05) is 23.1 Å². The summed E-state index contributed by atoms with van der Waals surface area (Å²) in [6.45, 7) is 2.02. The second-order valence-corrected chi connectivity index (χ2v) is 7.71. The first kappa shape index (κ1) is 20.3. The number of carbonyl (C=O) groups excluding carboxylic acids is 2. The van der Waals surface area contributed by atoms with Gasteiger partial charge in [0, 0.05) is 44.0 Å². The van der Waals surface area contributed by atoms with E-state index in [1.165, 1.54) is 12.1 Å². The highest BCUT2D eigenvalue weighted by molar-refractivity contribution is 6.31. The molecular formula is C22H20ClF2N3O2. The lowest BCUT2D eigenvalue weighted by atomic mass is 9.96. The van der Waals surface area contributed by atoms with Gasteiger partial charge in [0.2, 0.25) is 5.91 Å². The highest BCUT2D eigenvalue weighted by Gasteiger charge is 2.22. The molecule has 1 amide bonds. The van der Waals surface area contributed by atoms with Crippen LogP contribution in [0.5, 0.6) is 0 Å². The van der Waals surface area contributed by atoms with Crippen LogP contribution in [-0.4, -0.2) is 49.3 Å². The molecule has 1 N–H and O–H groups in total. The SMILES string of the molecule is O=C1C=Cc2cc(NCC(=O)N3CCN(c4cc(F)c(Cl)c(F)c4)CC3)ccc2C1. The van der Waals surface area contributed by atoms with E-state index in [0.29, 0.717) is 38.3 Å². The van der Waals surface area contributed by atoms with Crippen molar-refractivity contribution in [3.8, 4) is 0 Å². The summed E-state index contributed by atoms with van der Waals surface area (Å²) < 4.78 is 27.4. The fourth-order valence-corrected chi connectivity index (χ4v) is 3.79. The summed E-state index contributed by atoms with van der Waals surface area (Å²) in [6.07, 6.45) is 3.75. The van der Waals surface area contributed by atoms with Crippen LogP contribution in [0.3, 0.4) is 0 Å². The molecule has 2 aromatic carbocycles. The predicted octanol–water partition coefficient (Wildman–Crippen LogP) is 3.52. The van der Waals surface area contributed by atoms with E-state index in [2.05, 4.69) is 5.32 Å². The van der Waals surface area contributed by atoms with Crippen molar-refractivity contribution in [2.45, 2.75) is 6.42 Å². The minimum atomic E-state index is -0.793. The second-order valence-electron chi connectivity index (χ2n) is 7.33. The quantitative estimate of drug-likeness (QED) is 0.753. The lowest BCUT2D eigenvalue weighted by Crippen LogP contribution is -2.50. The minimum Gasteiger partial charge on any atom is -0.376 e. The van der Waals surface area contributed by atoms with Crippen LogP contribution in [0.1, 0.15) is 11.1 Å². The maximum atomic E-state index is 13.7. The van der Waals surface area contributed by atoms with E-state index in [0.717, 1.165) is 16.8 Å². The summed E-state index contributed by atoms with van der Waals surface area (Å²) >= 11 is 5.54. The summed E-state index contributed by atoms with van der Waals surface area (Å²) in [7, 11) is 0. The zero-order chi connectivity index (χ0) is 21.3. The average molecular weight is 432 g/mol. The molecule has 0 saturated carbocycles. The van der Waals surface area contributed by atoms with E-state index in [4.69, 9.17) is 11.6 Å². The molecule has 0 spiro atoms. The number of piperazine rings is 1. The Kier molecular flexibility index (Phi) is 5.72. The molecule has 0 unspecified atom stereocenters. The molecule has 0 aromatic heterocycles. The smallest absolute Gasteiger partial charge is 0.241 e. The van der Waals surface area contributed by atoms with Crippen molar-refractivity contribution in [1.82, 2.24) is 4.90 Å². The van der Waals surface area contributed by atoms with Gasteiger partial charge in [-0.25, -0.2) is 8.78 Å². The molecule has 8 heteroatoms. The number of allylic oxidation sites excluding steroid dienone is 1. The van der Waals surface area contributed by atoms with Crippen LogP contribution < -0.4 is 10.2 Å². The number of amides is 1. The molecule has 0 atom stereocenters. The minimum absolute atomic E-state index is 0.0495. The van der Waals surface area contributed by atoms with Crippen LogP contribution in [0.4, 0.5) is 20.2 Å². The van der Waals surface area contributed by atoms with Crippen LogP contribution >= 0.6 is 11.6 Å². The first-order valence-electron chi connectivity index (χ1n) is 9.65. The normalized spacial score (nSPS) is 15.9. The van der Waals surface area contributed by atoms with E-state index in [1.54, 1.807) is 17.1 Å². The van der Waals surface area contributed by atoms with Crippen LogP contribution in [0.15, 0.2) is 36.4 Å². The molecule has 0 radical (unpaired) electrons. The Bertz CT molecular complexity index is 1010. The lowest BCUT2D eigenvalue weighted by molar-refractivity contribution is -0.129. The fraction of sp³-hybridized carbons (Fsp3) is 0.273. The molecule has 1 aliphatic carbocycles. The van der Waals surface area contributed by atoms with Crippen LogP contribution in [0, 0.1) is 11.6 Å². The maximum absolute atomic E-state index is 13.7. The third-order valence-corrected chi connectivity index (χ3v) is 5.73. The number of nitrogens with one attached hydrogen (secondary N) is 1. The van der Waals surface area contributed by atoms with Gasteiger partial charge in [0.15, 0.2) is 5.78 Å². The number of halogens is 3. The highest BCUT2D eigenvalue weighted by atomic mass is 35.5. The molecular weight excluding hydrogens is 412 g/mol. The monoisotopic (exact) mass is 431 g/mol. The third-order valence-electron chi connectivity index (χ3n) is 5.37. The molecule has 1 aliphatic heterocycles. The first-order chi connectivity index (χ1) is 14.4. The fourth-order valence-electron chi connectivity index (χ4n) is 3.68. The molecule has 2 aliphatic rings. The first-order valence-corrected chi connectivity index (χ1v) is 10.0. The molecule has 0 bridgehead atoms. The predicted molar refractivity (Wildman–Crippen MR) is 113 cm³/mol. The van der Waals surface area contributed by atoms with Gasteiger partial charge in [-0.05, 0) is 41.5 Å². The molecule has 1 heterocycles. The van der Waals surface area contributed by atoms with E-state index < -0.39 is 16.7 Å². The molecule has 30 heavy (non-hydrogen) atoms. The van der Waals surface area contributed by atoms with Crippen LogP contribution in [0.25, 0.3) is 6.08 Å². The van der Waals surface area contributed by atoms with Gasteiger partial charge < -0.3 is 15.1 Å². The maximum Gasteiger partial charge on any atom is 0.241 e. The van der Waals surface area contributed by atoms with Crippen molar-refractivity contribution >= 4 is 40.7 Å². The molecule has 1 saturated heterocycles. The Morgan fingerprint density at radius 3 is 2.43 bits per heavy atom. The summed E-state index contributed by atoms with van der Waals surface area (Å²) in [4.78, 5) is 27.6. The molecule has 4 rings (SSSR count). The van der Waals surface area contributed by atoms with Gasteiger partial charge in [-0.3, -0.25) is 9.59 Å². The molecule has 2 aromatic rings. The average Bonchev–Trinajstić information content (AvgIpc) is 2.75. The summed E-state index contributed by atoms with van der Waals surface area (Å²) in [6, 6.07) is 8.10. The standard InChI is InChI=1S/C22H20ClF2N3O2/c23-22-19(24)11-17(12-20(22)25)27-5-7-28(8-6-27)21(30)13-26-16-3-1-15-10-18(29)4-2-14(15)9-16/h1-4,9,11-12,26H,5-8,10,13H2. The van der Waals surface area contributed by atoms with Crippen LogP contribution in [0.2, 0.25) is 5.02 Å². The van der Waals surface area contributed by atoms with E-state index in [-0.39, 0.29) is 18.2 Å². The number of fused-ring (bicyclic) bond motifs is 1. The van der Waals surface area contributed by atoms with Crippen LogP contribution in [-0.2, 0) is 16.0 Å². The van der Waals surface area contributed by atoms with Gasteiger partial charge in [0.05, 0.1) is 6.54 Å². The number of hydrogen-bond donors (Lipinski definition) is 1. The number of carbonyl (C=O) groups is 2.